The third kappa shape index (κ3) is 3.12. The van der Waals surface area contributed by atoms with E-state index in [-0.39, 0.29) is 34.7 Å². The monoisotopic (exact) mass is 394 g/mol. The zero-order chi connectivity index (χ0) is 20.3. The molecule has 29 heavy (non-hydrogen) atoms. The summed E-state index contributed by atoms with van der Waals surface area (Å²) in [6, 6.07) is 3.92. The number of phenols is 2. The minimum atomic E-state index is -0.0399. The predicted molar refractivity (Wildman–Crippen MR) is 114 cm³/mol. The van der Waals surface area contributed by atoms with E-state index in [2.05, 4.69) is 6.58 Å². The van der Waals surface area contributed by atoms with Crippen molar-refractivity contribution in [2.75, 3.05) is 0 Å². The first-order valence-corrected chi connectivity index (χ1v) is 11.6. The van der Waals surface area contributed by atoms with E-state index in [9.17, 15) is 15.0 Å². The highest BCUT2D eigenvalue weighted by Gasteiger charge is 2.52. The van der Waals surface area contributed by atoms with Crippen LogP contribution >= 0.6 is 0 Å². The molecule has 2 N–H and O–H groups in total. The Bertz CT molecular complexity index is 780. The number of rotatable bonds is 4. The molecule has 5 aliphatic rings. The number of hydrogen-bond donors (Lipinski definition) is 2. The molecule has 3 unspecified atom stereocenters. The number of phenolic OH excluding ortho intramolecular Hbond substituents is 2. The van der Waals surface area contributed by atoms with E-state index in [0.29, 0.717) is 12.0 Å². The number of aldehydes is 1. The fourth-order valence-corrected chi connectivity index (χ4v) is 8.01. The molecule has 5 fully saturated rings. The van der Waals surface area contributed by atoms with Gasteiger partial charge in [-0.3, -0.25) is 0 Å². The Morgan fingerprint density at radius 1 is 1.00 bits per heavy atom. The van der Waals surface area contributed by atoms with Crippen LogP contribution in [-0.2, 0) is 10.2 Å². The quantitative estimate of drug-likeness (QED) is 0.498. The van der Waals surface area contributed by atoms with E-state index in [1.165, 1.54) is 38.5 Å². The normalized spacial score (nSPS) is 40.7. The molecule has 5 saturated carbocycles. The minimum absolute atomic E-state index is 0.00256. The van der Waals surface area contributed by atoms with Gasteiger partial charge < -0.3 is 15.0 Å². The van der Waals surface area contributed by atoms with Crippen LogP contribution in [0.3, 0.4) is 0 Å². The molecule has 3 atom stereocenters. The summed E-state index contributed by atoms with van der Waals surface area (Å²) in [5.74, 6) is 3.07. The molecular weight excluding hydrogens is 360 g/mol. The summed E-state index contributed by atoms with van der Waals surface area (Å²) < 4.78 is 0. The van der Waals surface area contributed by atoms with Crippen molar-refractivity contribution in [1.29, 1.82) is 0 Å². The van der Waals surface area contributed by atoms with Gasteiger partial charge in [0.05, 0.1) is 0 Å². The van der Waals surface area contributed by atoms with Gasteiger partial charge in [0.15, 0.2) is 0 Å². The Kier molecular flexibility index (Phi) is 4.56. The summed E-state index contributed by atoms with van der Waals surface area (Å²) >= 11 is 0. The molecule has 0 aliphatic heterocycles. The Labute approximate surface area is 174 Å². The second-order valence-electron chi connectivity index (χ2n) is 10.9. The summed E-state index contributed by atoms with van der Waals surface area (Å²) in [6.45, 7) is 6.18. The molecule has 5 aliphatic carbocycles. The average molecular weight is 395 g/mol. The van der Waals surface area contributed by atoms with Crippen molar-refractivity contribution >= 4 is 6.29 Å². The lowest BCUT2D eigenvalue weighted by molar-refractivity contribution is -0.112. The summed E-state index contributed by atoms with van der Waals surface area (Å²) in [6.07, 6.45) is 11.2. The van der Waals surface area contributed by atoms with Crippen LogP contribution in [0.4, 0.5) is 0 Å². The van der Waals surface area contributed by atoms with Gasteiger partial charge in [-0.1, -0.05) is 12.2 Å². The van der Waals surface area contributed by atoms with Crippen LogP contribution < -0.4 is 0 Å². The van der Waals surface area contributed by atoms with Gasteiger partial charge in [-0.2, -0.15) is 0 Å². The molecule has 3 nitrogen and oxygen atoms in total. The second-order valence-corrected chi connectivity index (χ2v) is 10.9. The zero-order valence-corrected chi connectivity index (χ0v) is 17.6. The largest absolute Gasteiger partial charge is 0.508 e. The van der Waals surface area contributed by atoms with Crippen LogP contribution in [0.25, 0.3) is 0 Å². The molecule has 3 heteroatoms. The van der Waals surface area contributed by atoms with Crippen molar-refractivity contribution in [2.45, 2.75) is 76.0 Å². The number of carbonyl (C=O) groups is 1. The molecule has 0 aromatic heterocycles. The van der Waals surface area contributed by atoms with Gasteiger partial charge >= 0.3 is 0 Å². The lowest BCUT2D eigenvalue weighted by Gasteiger charge is -2.57. The maximum Gasteiger partial charge on any atom is 0.123 e. The number of hydrogen-bond acceptors (Lipinski definition) is 3. The van der Waals surface area contributed by atoms with Crippen LogP contribution in [0.1, 0.15) is 81.8 Å². The molecule has 0 radical (unpaired) electrons. The molecule has 0 amide bonds. The van der Waals surface area contributed by atoms with Crippen LogP contribution in [0.15, 0.2) is 24.3 Å². The smallest absolute Gasteiger partial charge is 0.123 e. The van der Waals surface area contributed by atoms with Crippen molar-refractivity contribution < 1.29 is 15.0 Å². The van der Waals surface area contributed by atoms with Gasteiger partial charge in [-0.25, -0.2) is 0 Å². The average Bonchev–Trinajstić information content (AvgIpc) is 2.66. The molecular formula is C26H34O3. The van der Waals surface area contributed by atoms with Gasteiger partial charge in [0.2, 0.25) is 0 Å². The van der Waals surface area contributed by atoms with Gasteiger partial charge in [0.1, 0.15) is 17.8 Å². The zero-order valence-electron chi connectivity index (χ0n) is 17.6. The maximum absolute atomic E-state index is 11.4. The highest BCUT2D eigenvalue weighted by atomic mass is 16.3. The van der Waals surface area contributed by atoms with E-state index in [1.807, 2.05) is 19.1 Å². The SMILES string of the molecule is C=C(C)C1CCC(C=O)CC1c1c(O)cc(C23CC4CC(CC(C4)C2)C3)cc1O. The van der Waals surface area contributed by atoms with Crippen molar-refractivity contribution in [3.05, 3.63) is 35.4 Å². The van der Waals surface area contributed by atoms with Crippen LogP contribution in [0, 0.1) is 29.6 Å². The first-order valence-electron chi connectivity index (χ1n) is 11.6. The summed E-state index contributed by atoms with van der Waals surface area (Å²) in [4.78, 5) is 11.4. The number of allylic oxidation sites excluding steroid dienone is 1. The van der Waals surface area contributed by atoms with E-state index < -0.39 is 0 Å². The second kappa shape index (κ2) is 6.89. The Morgan fingerprint density at radius 2 is 1.55 bits per heavy atom. The lowest BCUT2D eigenvalue weighted by atomic mass is 9.48. The topological polar surface area (TPSA) is 57.5 Å². The predicted octanol–water partition coefficient (Wildman–Crippen LogP) is 5.84. The molecule has 6 rings (SSSR count). The highest BCUT2D eigenvalue weighted by Crippen LogP contribution is 2.61. The fraction of sp³-hybridized carbons (Fsp3) is 0.654. The van der Waals surface area contributed by atoms with Crippen molar-refractivity contribution in [3.63, 3.8) is 0 Å². The number of aromatic hydroxyl groups is 2. The first-order chi connectivity index (χ1) is 13.9. The van der Waals surface area contributed by atoms with E-state index >= 15 is 0 Å². The van der Waals surface area contributed by atoms with E-state index in [0.717, 1.165) is 48.0 Å². The highest BCUT2D eigenvalue weighted by molar-refractivity contribution is 5.56. The van der Waals surface area contributed by atoms with Gasteiger partial charge in [0.25, 0.3) is 0 Å². The van der Waals surface area contributed by atoms with Gasteiger partial charge in [-0.15, -0.1) is 0 Å². The fourth-order valence-electron chi connectivity index (χ4n) is 8.01. The van der Waals surface area contributed by atoms with E-state index in [1.54, 1.807) is 0 Å². The third-order valence-corrected chi connectivity index (χ3v) is 8.87. The van der Waals surface area contributed by atoms with E-state index in [4.69, 9.17) is 0 Å². The molecule has 4 bridgehead atoms. The third-order valence-electron chi connectivity index (χ3n) is 8.87. The Morgan fingerprint density at radius 3 is 2.03 bits per heavy atom. The molecule has 0 saturated heterocycles. The van der Waals surface area contributed by atoms with Crippen LogP contribution in [-0.4, -0.2) is 16.5 Å². The van der Waals surface area contributed by atoms with Gasteiger partial charge in [-0.05, 0) is 117 Å². The van der Waals surface area contributed by atoms with Crippen LogP contribution in [0.5, 0.6) is 11.5 Å². The summed E-state index contributed by atoms with van der Waals surface area (Å²) in [5, 5.41) is 22.2. The molecule has 1 aromatic carbocycles. The first kappa shape index (κ1) is 19.2. The lowest BCUT2D eigenvalue weighted by Crippen LogP contribution is -2.48. The Hall–Kier alpha value is -1.77. The summed E-state index contributed by atoms with van der Waals surface area (Å²) in [7, 11) is 0. The standard InChI is InChI=1S/C26H34O3/c1-15(2)21-4-3-16(14-27)8-22(21)25-23(28)9-20(10-24(25)29)26-11-17-5-18(12-26)7-19(6-17)13-26/h9-10,14,16-19,21-22,28-29H,1,3-8,11-13H2,2H3. The molecule has 0 heterocycles. The number of carbonyl (C=O) groups excluding carboxylic acids is 1. The van der Waals surface area contributed by atoms with Crippen molar-refractivity contribution in [1.82, 2.24) is 0 Å². The number of benzene rings is 1. The van der Waals surface area contributed by atoms with Crippen LogP contribution in [0.2, 0.25) is 0 Å². The molecule has 156 valence electrons. The maximum atomic E-state index is 11.4. The minimum Gasteiger partial charge on any atom is -0.508 e. The molecule has 0 spiro atoms. The van der Waals surface area contributed by atoms with Crippen molar-refractivity contribution in [2.24, 2.45) is 29.6 Å². The Balaban J connectivity index is 1.51. The van der Waals surface area contributed by atoms with Gasteiger partial charge in [0, 0.05) is 11.5 Å². The molecule has 1 aromatic rings. The summed E-state index contributed by atoms with van der Waals surface area (Å²) in [5.41, 5.74) is 3.00. The van der Waals surface area contributed by atoms with Crippen molar-refractivity contribution in [3.8, 4) is 11.5 Å².